The van der Waals surface area contributed by atoms with Gasteiger partial charge in [-0.15, -0.1) is 0 Å². The Kier molecular flexibility index (Phi) is 6.02. The van der Waals surface area contributed by atoms with E-state index in [2.05, 4.69) is 178 Å². The maximum atomic E-state index is 6.68. The van der Waals surface area contributed by atoms with Gasteiger partial charge in [-0.1, -0.05) is 91.0 Å². The highest BCUT2D eigenvalue weighted by atomic mass is 16.3. The molecular weight excluding hydrogens is 637 g/mol. The van der Waals surface area contributed by atoms with Crippen LogP contribution in [-0.2, 0) is 0 Å². The molecule has 0 saturated heterocycles. The summed E-state index contributed by atoms with van der Waals surface area (Å²) in [6.07, 6.45) is 0. The zero-order chi connectivity index (χ0) is 34.5. The average Bonchev–Trinajstić information content (AvgIpc) is 3.92. The number of rotatable bonds is 3. The predicted octanol–water partition coefficient (Wildman–Crippen LogP) is 12.0. The molecule has 0 amide bonds. The van der Waals surface area contributed by atoms with Gasteiger partial charge in [-0.05, 0) is 73.7 Å². The number of nitrogens with zero attached hydrogens (tertiary/aromatic N) is 4. The van der Waals surface area contributed by atoms with E-state index in [0.717, 1.165) is 56.1 Å². The highest BCUT2D eigenvalue weighted by Gasteiger charge is 2.23. The first-order valence-electron chi connectivity index (χ1n) is 17.7. The van der Waals surface area contributed by atoms with Gasteiger partial charge < -0.3 is 13.6 Å². The first-order chi connectivity index (χ1) is 25.7. The molecular formula is C47H32N4O. The number of aryl methyl sites for hydroxylation is 1. The van der Waals surface area contributed by atoms with E-state index in [1.54, 1.807) is 0 Å². The molecule has 0 saturated carbocycles. The van der Waals surface area contributed by atoms with Crippen LogP contribution in [0.5, 0.6) is 0 Å². The van der Waals surface area contributed by atoms with Crippen LogP contribution in [-0.4, -0.2) is 26.6 Å². The Morgan fingerprint density at radius 3 is 1.37 bits per heavy atom. The Labute approximate surface area is 298 Å². The third kappa shape index (κ3) is 3.90. The van der Waals surface area contributed by atoms with Crippen molar-refractivity contribution in [1.29, 1.82) is 0 Å². The van der Waals surface area contributed by atoms with E-state index in [0.29, 0.717) is 0 Å². The number of aliphatic imine (C=N–C) groups is 1. The number of aromatic nitrogens is 3. The Hall–Kier alpha value is -6.85. The highest BCUT2D eigenvalue weighted by Crippen LogP contribution is 2.39. The Morgan fingerprint density at radius 2 is 0.846 bits per heavy atom. The summed E-state index contributed by atoms with van der Waals surface area (Å²) >= 11 is 0. The molecule has 52 heavy (non-hydrogen) atoms. The fraction of sp³-hybridized carbons (Fsp3) is 0.0426. The van der Waals surface area contributed by atoms with Gasteiger partial charge in [0.1, 0.15) is 5.58 Å². The summed E-state index contributed by atoms with van der Waals surface area (Å²) in [6, 6.07) is 56.5. The molecule has 11 rings (SSSR count). The number of hydrogen-bond acceptors (Lipinski definition) is 2. The van der Waals surface area contributed by atoms with Crippen LogP contribution in [0.2, 0.25) is 0 Å². The number of hydrogen-bond donors (Lipinski definition) is 0. The molecule has 0 aliphatic carbocycles. The van der Waals surface area contributed by atoms with Gasteiger partial charge in [0.15, 0.2) is 11.6 Å². The van der Waals surface area contributed by atoms with Crippen LogP contribution in [0.25, 0.3) is 87.8 Å². The van der Waals surface area contributed by atoms with E-state index in [1.807, 2.05) is 7.05 Å². The maximum absolute atomic E-state index is 6.68. The molecule has 0 spiro atoms. The second-order valence-electron chi connectivity index (χ2n) is 13.6. The molecule has 0 N–H and O–H groups in total. The zero-order valence-corrected chi connectivity index (χ0v) is 28.7. The van der Waals surface area contributed by atoms with Crippen LogP contribution < -0.4 is 0 Å². The quantitative estimate of drug-likeness (QED) is 0.136. The minimum Gasteiger partial charge on any atom is -0.453 e. The summed E-state index contributed by atoms with van der Waals surface area (Å²) in [5.41, 5.74) is 11.1. The van der Waals surface area contributed by atoms with Crippen LogP contribution in [0, 0.1) is 6.92 Å². The lowest BCUT2D eigenvalue weighted by molar-refractivity contribution is 0.598. The monoisotopic (exact) mass is 668 g/mol. The summed E-state index contributed by atoms with van der Waals surface area (Å²) in [4.78, 5) is 4.86. The van der Waals surface area contributed by atoms with Gasteiger partial charge in [-0.3, -0.25) is 9.56 Å². The number of furan rings is 1. The second-order valence-corrected chi connectivity index (χ2v) is 13.6. The highest BCUT2D eigenvalue weighted by molar-refractivity contribution is 6.18. The minimum atomic E-state index is 0.777. The summed E-state index contributed by atoms with van der Waals surface area (Å²) in [5, 5.41) is 8.42. The van der Waals surface area contributed by atoms with Gasteiger partial charge in [0.2, 0.25) is 0 Å². The van der Waals surface area contributed by atoms with Crippen molar-refractivity contribution in [3.05, 3.63) is 169 Å². The summed E-state index contributed by atoms with van der Waals surface area (Å²) in [7, 11) is 1.85. The predicted molar refractivity (Wildman–Crippen MR) is 217 cm³/mol. The molecule has 0 aliphatic rings. The molecule has 5 heteroatoms. The molecule has 0 radical (unpaired) electrons. The van der Waals surface area contributed by atoms with Gasteiger partial charge in [-0.2, -0.15) is 0 Å². The van der Waals surface area contributed by atoms with E-state index < -0.39 is 0 Å². The first kappa shape index (κ1) is 28.9. The zero-order valence-electron chi connectivity index (χ0n) is 28.7. The van der Waals surface area contributed by atoms with E-state index >= 15 is 0 Å². The topological polar surface area (TPSA) is 40.3 Å². The second kappa shape index (κ2) is 10.8. The molecule has 4 aromatic heterocycles. The van der Waals surface area contributed by atoms with Crippen molar-refractivity contribution in [3.63, 3.8) is 0 Å². The molecule has 7 aromatic carbocycles. The van der Waals surface area contributed by atoms with Gasteiger partial charge in [0, 0.05) is 61.7 Å². The largest absolute Gasteiger partial charge is 0.453 e. The van der Waals surface area contributed by atoms with Gasteiger partial charge in [0.05, 0.1) is 33.1 Å². The molecule has 4 heterocycles. The van der Waals surface area contributed by atoms with Crippen LogP contribution >= 0.6 is 0 Å². The van der Waals surface area contributed by atoms with Crippen molar-refractivity contribution in [1.82, 2.24) is 13.7 Å². The molecule has 11 aromatic rings. The van der Waals surface area contributed by atoms with Crippen LogP contribution in [0.4, 0.5) is 0 Å². The van der Waals surface area contributed by atoms with E-state index in [9.17, 15) is 0 Å². The lowest BCUT2D eigenvalue weighted by atomic mass is 10.1. The summed E-state index contributed by atoms with van der Waals surface area (Å²) in [6.45, 7) is 2.15. The van der Waals surface area contributed by atoms with E-state index in [-0.39, 0.29) is 0 Å². The molecule has 0 fully saturated rings. The third-order valence-electron chi connectivity index (χ3n) is 10.9. The van der Waals surface area contributed by atoms with Crippen molar-refractivity contribution in [3.8, 4) is 11.4 Å². The molecule has 5 nitrogen and oxygen atoms in total. The summed E-state index contributed by atoms with van der Waals surface area (Å²) < 4.78 is 13.7. The molecule has 0 aliphatic heterocycles. The Bertz CT molecular complexity index is 3170. The van der Waals surface area contributed by atoms with E-state index in [1.165, 1.54) is 48.9 Å². The first-order valence-corrected chi connectivity index (χ1v) is 17.7. The molecule has 0 atom stereocenters. The maximum Gasteiger partial charge on any atom is 0.176 e. The van der Waals surface area contributed by atoms with Gasteiger partial charge >= 0.3 is 0 Å². The number of para-hydroxylation sites is 5. The van der Waals surface area contributed by atoms with Crippen molar-refractivity contribution in [2.75, 3.05) is 7.05 Å². The number of fused-ring (bicyclic) bond motifs is 10. The SMILES string of the molecule is C/N=C(\c1oc2ccc(-n3c4ccccc4c4cc(-n5c6ccccc6c6ccccc65)ccc43)cc2c1C)n1c2ccccc2c2ccccc21. The van der Waals surface area contributed by atoms with Gasteiger partial charge in [0.25, 0.3) is 0 Å². The lowest BCUT2D eigenvalue weighted by Crippen LogP contribution is -2.13. The van der Waals surface area contributed by atoms with Crippen LogP contribution in [0.1, 0.15) is 11.3 Å². The number of benzene rings is 7. The Balaban J connectivity index is 1.10. The molecule has 0 unspecified atom stereocenters. The van der Waals surface area contributed by atoms with Crippen molar-refractivity contribution < 1.29 is 4.42 Å². The van der Waals surface area contributed by atoms with E-state index in [4.69, 9.17) is 9.41 Å². The normalized spacial score (nSPS) is 12.5. The van der Waals surface area contributed by atoms with Crippen molar-refractivity contribution in [2.45, 2.75) is 6.92 Å². The molecule has 0 bridgehead atoms. The van der Waals surface area contributed by atoms with Gasteiger partial charge in [-0.25, -0.2) is 0 Å². The van der Waals surface area contributed by atoms with Crippen molar-refractivity contribution in [2.24, 2.45) is 4.99 Å². The average molecular weight is 669 g/mol. The Morgan fingerprint density at radius 1 is 0.442 bits per heavy atom. The van der Waals surface area contributed by atoms with Crippen LogP contribution in [0.3, 0.4) is 0 Å². The fourth-order valence-corrected chi connectivity index (χ4v) is 8.59. The van der Waals surface area contributed by atoms with Crippen molar-refractivity contribution >= 4 is 82.2 Å². The van der Waals surface area contributed by atoms with Crippen LogP contribution in [0.15, 0.2) is 167 Å². The lowest BCUT2D eigenvalue weighted by Gasteiger charge is -2.10. The smallest absolute Gasteiger partial charge is 0.176 e. The standard InChI is InChI=1S/C47H32N4O/c1-29-37-27-31(24-26-45(37)52-46(29)47(48-2)51-42-21-11-5-15-34(42)35-16-6-12-22-43(35)51)50-41-20-10-7-17-36(41)38-28-30(23-25-44(38)50)49-39-18-8-3-13-32(39)33-14-4-9-19-40(33)49/h3-28H,1-2H3/b48-47+. The third-order valence-corrected chi connectivity index (χ3v) is 10.9. The summed E-state index contributed by atoms with van der Waals surface area (Å²) in [5.74, 6) is 1.57. The fourth-order valence-electron chi connectivity index (χ4n) is 8.59. The molecule has 246 valence electrons. The minimum absolute atomic E-state index is 0.777.